The van der Waals surface area contributed by atoms with Gasteiger partial charge in [-0.3, -0.25) is 0 Å². The van der Waals surface area contributed by atoms with Crippen LogP contribution in [0.2, 0.25) is 0 Å². The molecule has 1 fully saturated rings. The number of hydrogen-bond acceptors (Lipinski definition) is 4. The summed E-state index contributed by atoms with van der Waals surface area (Å²) < 4.78 is 12.8. The second-order valence-corrected chi connectivity index (χ2v) is 4.68. The predicted molar refractivity (Wildman–Crippen MR) is 65.3 cm³/mol. The maximum absolute atomic E-state index is 12.8. The number of likely N-dealkylation sites (tertiary alicyclic amines) is 1. The highest BCUT2D eigenvalue weighted by molar-refractivity contribution is 5.31. The summed E-state index contributed by atoms with van der Waals surface area (Å²) in [7, 11) is 0. The standard InChI is InChI=1S/C12H19FN4/c1-10-2-5-17(6-3-10)7-4-14-12-8-11(13)15-9-16-12/h8-10H,2-7H2,1H3,(H,14,15,16). The second-order valence-electron chi connectivity index (χ2n) is 4.68. The Kier molecular flexibility index (Phi) is 4.25. The summed E-state index contributed by atoms with van der Waals surface area (Å²) in [4.78, 5) is 9.81. The number of piperidine rings is 1. The molecule has 0 atom stereocenters. The molecule has 5 heteroatoms. The van der Waals surface area contributed by atoms with Gasteiger partial charge in [0.05, 0.1) is 0 Å². The van der Waals surface area contributed by atoms with E-state index in [2.05, 4.69) is 27.1 Å². The first-order valence-corrected chi connectivity index (χ1v) is 6.18. The number of nitrogens with zero attached hydrogens (tertiary/aromatic N) is 3. The Bertz CT molecular complexity index is 350. The average Bonchev–Trinajstić information content (AvgIpc) is 2.32. The SMILES string of the molecule is CC1CCN(CCNc2cc(F)ncn2)CC1. The number of halogens is 1. The summed E-state index contributed by atoms with van der Waals surface area (Å²) >= 11 is 0. The lowest BCUT2D eigenvalue weighted by molar-refractivity contribution is 0.199. The fourth-order valence-corrected chi connectivity index (χ4v) is 2.06. The predicted octanol–water partition coefficient (Wildman–Crippen LogP) is 1.76. The minimum atomic E-state index is -0.491. The molecular formula is C12H19FN4. The van der Waals surface area contributed by atoms with Crippen molar-refractivity contribution in [2.45, 2.75) is 19.8 Å². The number of aromatic nitrogens is 2. The van der Waals surface area contributed by atoms with Crippen molar-refractivity contribution < 1.29 is 4.39 Å². The molecule has 17 heavy (non-hydrogen) atoms. The molecule has 2 rings (SSSR count). The first kappa shape index (κ1) is 12.2. The van der Waals surface area contributed by atoms with E-state index in [0.29, 0.717) is 5.82 Å². The molecule has 0 aliphatic carbocycles. The van der Waals surface area contributed by atoms with Crippen molar-refractivity contribution >= 4 is 5.82 Å². The first-order valence-electron chi connectivity index (χ1n) is 6.18. The summed E-state index contributed by atoms with van der Waals surface area (Å²) in [5.41, 5.74) is 0. The van der Waals surface area contributed by atoms with Crippen LogP contribution < -0.4 is 5.32 Å². The number of hydrogen-bond donors (Lipinski definition) is 1. The molecule has 0 radical (unpaired) electrons. The lowest BCUT2D eigenvalue weighted by Gasteiger charge is -2.30. The van der Waals surface area contributed by atoms with Gasteiger partial charge in [-0.1, -0.05) is 6.92 Å². The molecule has 1 aromatic heterocycles. The van der Waals surface area contributed by atoms with Gasteiger partial charge in [-0.05, 0) is 31.8 Å². The molecule has 1 N–H and O–H groups in total. The van der Waals surface area contributed by atoms with Gasteiger partial charge in [-0.2, -0.15) is 4.39 Å². The van der Waals surface area contributed by atoms with Crippen LogP contribution in [0.3, 0.4) is 0 Å². The number of rotatable bonds is 4. The maximum atomic E-state index is 12.8. The molecule has 94 valence electrons. The van der Waals surface area contributed by atoms with E-state index in [1.165, 1.54) is 38.3 Å². The third kappa shape index (κ3) is 3.93. The molecule has 1 saturated heterocycles. The molecule has 0 spiro atoms. The lowest BCUT2D eigenvalue weighted by atomic mass is 9.99. The number of nitrogens with one attached hydrogen (secondary N) is 1. The topological polar surface area (TPSA) is 41.0 Å². The Hall–Kier alpha value is -1.23. The molecule has 0 unspecified atom stereocenters. The monoisotopic (exact) mass is 238 g/mol. The summed E-state index contributed by atoms with van der Waals surface area (Å²) in [6.45, 7) is 6.42. The largest absolute Gasteiger partial charge is 0.369 e. The molecule has 1 aliphatic rings. The Morgan fingerprint density at radius 1 is 1.41 bits per heavy atom. The summed E-state index contributed by atoms with van der Waals surface area (Å²) in [5.74, 6) is 0.923. The fraction of sp³-hybridized carbons (Fsp3) is 0.667. The molecule has 1 aromatic rings. The molecular weight excluding hydrogens is 219 g/mol. The van der Waals surface area contributed by atoms with Gasteiger partial charge in [0.25, 0.3) is 0 Å². The zero-order valence-electron chi connectivity index (χ0n) is 10.2. The lowest BCUT2D eigenvalue weighted by Crippen LogP contribution is -2.36. The highest BCUT2D eigenvalue weighted by Gasteiger charge is 2.14. The molecule has 0 saturated carbocycles. The van der Waals surface area contributed by atoms with Crippen molar-refractivity contribution in [1.29, 1.82) is 0 Å². The van der Waals surface area contributed by atoms with E-state index in [1.54, 1.807) is 0 Å². The van der Waals surface area contributed by atoms with Crippen LogP contribution in [0.25, 0.3) is 0 Å². The van der Waals surface area contributed by atoms with Crippen LogP contribution in [-0.4, -0.2) is 41.0 Å². The molecule has 0 aromatic carbocycles. The van der Waals surface area contributed by atoms with Crippen LogP contribution in [0.1, 0.15) is 19.8 Å². The minimum Gasteiger partial charge on any atom is -0.369 e. The van der Waals surface area contributed by atoms with Crippen LogP contribution in [-0.2, 0) is 0 Å². The normalized spacial score (nSPS) is 18.2. The molecule has 0 amide bonds. The van der Waals surface area contributed by atoms with Gasteiger partial charge in [0.2, 0.25) is 5.95 Å². The van der Waals surface area contributed by atoms with Gasteiger partial charge < -0.3 is 10.2 Å². The van der Waals surface area contributed by atoms with Gasteiger partial charge in [0, 0.05) is 19.2 Å². The van der Waals surface area contributed by atoms with Crippen LogP contribution >= 0.6 is 0 Å². The first-order chi connectivity index (χ1) is 8.24. The van der Waals surface area contributed by atoms with E-state index in [-0.39, 0.29) is 0 Å². The van der Waals surface area contributed by atoms with Gasteiger partial charge in [-0.25, -0.2) is 9.97 Å². The summed E-state index contributed by atoms with van der Waals surface area (Å²) in [5, 5.41) is 3.11. The van der Waals surface area contributed by atoms with E-state index < -0.39 is 5.95 Å². The molecule has 4 nitrogen and oxygen atoms in total. The van der Waals surface area contributed by atoms with Crippen LogP contribution in [0, 0.1) is 11.9 Å². The van der Waals surface area contributed by atoms with Gasteiger partial charge in [0.15, 0.2) is 0 Å². The van der Waals surface area contributed by atoms with Crippen LogP contribution in [0.4, 0.5) is 10.2 Å². The van der Waals surface area contributed by atoms with E-state index in [4.69, 9.17) is 0 Å². The Morgan fingerprint density at radius 2 is 2.18 bits per heavy atom. The fourth-order valence-electron chi connectivity index (χ4n) is 2.06. The average molecular weight is 238 g/mol. The van der Waals surface area contributed by atoms with Crippen LogP contribution in [0.5, 0.6) is 0 Å². The number of anilines is 1. The Labute approximate surface area is 101 Å². The Balaban J connectivity index is 1.69. The second kappa shape index (κ2) is 5.91. The van der Waals surface area contributed by atoms with Crippen molar-refractivity contribution in [3.05, 3.63) is 18.3 Å². The van der Waals surface area contributed by atoms with Gasteiger partial charge in [-0.15, -0.1) is 0 Å². The van der Waals surface area contributed by atoms with E-state index in [0.717, 1.165) is 19.0 Å². The summed E-state index contributed by atoms with van der Waals surface area (Å²) in [6.07, 6.45) is 3.80. The van der Waals surface area contributed by atoms with Crippen molar-refractivity contribution in [2.24, 2.45) is 5.92 Å². The maximum Gasteiger partial charge on any atom is 0.217 e. The molecule has 1 aliphatic heterocycles. The third-order valence-electron chi connectivity index (χ3n) is 3.24. The van der Waals surface area contributed by atoms with Crippen molar-refractivity contribution in [3.8, 4) is 0 Å². The van der Waals surface area contributed by atoms with E-state index in [9.17, 15) is 4.39 Å². The highest BCUT2D eigenvalue weighted by atomic mass is 19.1. The smallest absolute Gasteiger partial charge is 0.217 e. The molecule has 0 bridgehead atoms. The van der Waals surface area contributed by atoms with E-state index in [1.807, 2.05) is 0 Å². The Morgan fingerprint density at radius 3 is 2.88 bits per heavy atom. The summed E-state index contributed by atoms with van der Waals surface area (Å²) in [6, 6.07) is 1.32. The molecule has 2 heterocycles. The van der Waals surface area contributed by atoms with Crippen molar-refractivity contribution in [1.82, 2.24) is 14.9 Å². The van der Waals surface area contributed by atoms with Gasteiger partial charge >= 0.3 is 0 Å². The zero-order valence-corrected chi connectivity index (χ0v) is 10.2. The van der Waals surface area contributed by atoms with Crippen LogP contribution in [0.15, 0.2) is 12.4 Å². The van der Waals surface area contributed by atoms with Crippen molar-refractivity contribution in [2.75, 3.05) is 31.5 Å². The minimum absolute atomic E-state index is 0.491. The van der Waals surface area contributed by atoms with Gasteiger partial charge in [0.1, 0.15) is 12.1 Å². The third-order valence-corrected chi connectivity index (χ3v) is 3.24. The van der Waals surface area contributed by atoms with E-state index >= 15 is 0 Å². The quantitative estimate of drug-likeness (QED) is 0.812. The highest BCUT2D eigenvalue weighted by Crippen LogP contribution is 2.15. The zero-order chi connectivity index (χ0) is 12.1. The van der Waals surface area contributed by atoms with Crippen molar-refractivity contribution in [3.63, 3.8) is 0 Å².